The highest BCUT2D eigenvalue weighted by atomic mass is 32.2. The molecule has 0 amide bonds. The van der Waals surface area contributed by atoms with Gasteiger partial charge in [-0.25, -0.2) is 13.6 Å². The smallest absolute Gasteiger partial charge is 0.238 e. The second-order valence-corrected chi connectivity index (χ2v) is 7.75. The summed E-state index contributed by atoms with van der Waals surface area (Å²) in [5.41, 5.74) is 8.29. The maximum Gasteiger partial charge on any atom is 0.238 e. The topological polar surface area (TPSA) is 122 Å². The number of hydrogen-bond acceptors (Lipinski definition) is 5. The van der Waals surface area contributed by atoms with Gasteiger partial charge in [0.2, 0.25) is 10.0 Å². The van der Waals surface area contributed by atoms with E-state index >= 15 is 0 Å². The molecule has 0 aliphatic carbocycles. The molecule has 2 aromatic carbocycles. The van der Waals surface area contributed by atoms with Crippen molar-refractivity contribution in [2.24, 2.45) is 10.9 Å². The van der Waals surface area contributed by atoms with Crippen LogP contribution in [-0.4, -0.2) is 45.5 Å². The van der Waals surface area contributed by atoms with Crippen LogP contribution in [-0.2, 0) is 21.3 Å². The first kappa shape index (κ1) is 18.5. The number of ether oxygens (including phenoxy) is 1. The van der Waals surface area contributed by atoms with Crippen molar-refractivity contribution in [1.29, 1.82) is 5.41 Å². The van der Waals surface area contributed by atoms with Crippen molar-refractivity contribution < 1.29 is 13.2 Å². The maximum absolute atomic E-state index is 11.8. The van der Waals surface area contributed by atoms with Gasteiger partial charge in [0.25, 0.3) is 0 Å². The fourth-order valence-electron chi connectivity index (χ4n) is 3.09. The Labute approximate surface area is 153 Å². The number of benzene rings is 2. The minimum Gasteiger partial charge on any atom is -0.384 e. The SMILES string of the molecule is N=C(N)c1c(-c2ccc(CN3CCOCC3)cc2)cccc1S(N)(=O)=O. The molecule has 2 aromatic rings. The Balaban J connectivity index is 1.93. The molecule has 0 bridgehead atoms. The van der Waals surface area contributed by atoms with Crippen molar-refractivity contribution in [3.05, 3.63) is 53.6 Å². The molecule has 5 N–H and O–H groups in total. The highest BCUT2D eigenvalue weighted by Crippen LogP contribution is 2.28. The van der Waals surface area contributed by atoms with E-state index in [1.165, 1.54) is 6.07 Å². The van der Waals surface area contributed by atoms with Gasteiger partial charge in [0.1, 0.15) is 5.84 Å². The van der Waals surface area contributed by atoms with Crippen LogP contribution in [0.25, 0.3) is 11.1 Å². The first-order chi connectivity index (χ1) is 12.4. The molecule has 0 aromatic heterocycles. The summed E-state index contributed by atoms with van der Waals surface area (Å²) < 4.78 is 29.0. The summed E-state index contributed by atoms with van der Waals surface area (Å²) in [6.45, 7) is 4.15. The number of nitrogens with one attached hydrogen (secondary N) is 1. The molecular weight excluding hydrogens is 352 g/mol. The number of morpholine rings is 1. The number of hydrogen-bond donors (Lipinski definition) is 3. The van der Waals surface area contributed by atoms with Crippen LogP contribution in [0.4, 0.5) is 0 Å². The van der Waals surface area contributed by atoms with Crippen LogP contribution >= 0.6 is 0 Å². The summed E-state index contributed by atoms with van der Waals surface area (Å²) in [5.74, 6) is -0.331. The first-order valence-corrected chi connectivity index (χ1v) is 9.80. The third-order valence-corrected chi connectivity index (χ3v) is 5.33. The number of amidine groups is 1. The van der Waals surface area contributed by atoms with Crippen molar-refractivity contribution >= 4 is 15.9 Å². The van der Waals surface area contributed by atoms with Gasteiger partial charge in [-0.05, 0) is 22.8 Å². The van der Waals surface area contributed by atoms with E-state index < -0.39 is 10.0 Å². The zero-order valence-electron chi connectivity index (χ0n) is 14.3. The highest BCUT2D eigenvalue weighted by Gasteiger charge is 2.20. The number of nitrogen functional groups attached to an aromatic ring is 1. The highest BCUT2D eigenvalue weighted by molar-refractivity contribution is 7.89. The quantitative estimate of drug-likeness (QED) is 0.535. The number of rotatable bonds is 5. The van der Waals surface area contributed by atoms with E-state index in [1.807, 2.05) is 24.3 Å². The van der Waals surface area contributed by atoms with Gasteiger partial charge in [-0.15, -0.1) is 0 Å². The Kier molecular flexibility index (Phi) is 5.38. The zero-order chi connectivity index (χ0) is 18.7. The van der Waals surface area contributed by atoms with E-state index in [0.29, 0.717) is 5.56 Å². The van der Waals surface area contributed by atoms with Gasteiger partial charge in [-0.1, -0.05) is 36.4 Å². The molecule has 1 saturated heterocycles. The zero-order valence-corrected chi connectivity index (χ0v) is 15.1. The fraction of sp³-hybridized carbons (Fsp3) is 0.278. The first-order valence-electron chi connectivity index (χ1n) is 8.26. The van der Waals surface area contributed by atoms with Crippen molar-refractivity contribution in [3.63, 3.8) is 0 Å². The third kappa shape index (κ3) is 4.10. The Bertz CT molecular complexity index is 905. The number of nitrogens with two attached hydrogens (primary N) is 2. The lowest BCUT2D eigenvalue weighted by Crippen LogP contribution is -2.35. The van der Waals surface area contributed by atoms with Crippen LogP contribution in [0.5, 0.6) is 0 Å². The molecule has 1 aliphatic heterocycles. The average molecular weight is 374 g/mol. The van der Waals surface area contributed by atoms with Crippen molar-refractivity contribution in [2.45, 2.75) is 11.4 Å². The predicted molar refractivity (Wildman–Crippen MR) is 100 cm³/mol. The molecule has 0 saturated carbocycles. The molecule has 0 spiro atoms. The van der Waals surface area contributed by atoms with Crippen LogP contribution in [0.15, 0.2) is 47.4 Å². The van der Waals surface area contributed by atoms with Gasteiger partial charge in [0.15, 0.2) is 0 Å². The van der Waals surface area contributed by atoms with Crippen LogP contribution in [0.1, 0.15) is 11.1 Å². The van der Waals surface area contributed by atoms with Gasteiger partial charge in [0.05, 0.1) is 18.1 Å². The summed E-state index contributed by atoms with van der Waals surface area (Å²) in [6.07, 6.45) is 0. The molecule has 7 nitrogen and oxygen atoms in total. The lowest BCUT2D eigenvalue weighted by molar-refractivity contribution is 0.0342. The Morgan fingerprint density at radius 3 is 2.35 bits per heavy atom. The Hall–Kier alpha value is -2.26. The molecule has 0 radical (unpaired) electrons. The normalized spacial score (nSPS) is 15.7. The average Bonchev–Trinajstić information content (AvgIpc) is 2.62. The standard InChI is InChI=1S/C18H22N4O3S/c19-18(20)17-15(2-1-3-16(17)26(21,23)24)14-6-4-13(5-7-14)12-22-8-10-25-11-9-22/h1-7H,8-12H2,(H3,19,20)(H2,21,23,24). The van der Waals surface area contributed by atoms with E-state index in [2.05, 4.69) is 4.90 Å². The number of nitrogens with zero attached hydrogens (tertiary/aromatic N) is 1. The lowest BCUT2D eigenvalue weighted by Gasteiger charge is -2.26. The molecule has 8 heteroatoms. The monoisotopic (exact) mass is 374 g/mol. The van der Waals surface area contributed by atoms with Gasteiger partial charge in [0, 0.05) is 25.2 Å². The summed E-state index contributed by atoms with van der Waals surface area (Å²) in [4.78, 5) is 2.18. The molecule has 3 rings (SSSR count). The Morgan fingerprint density at radius 2 is 1.77 bits per heavy atom. The van der Waals surface area contributed by atoms with E-state index in [-0.39, 0.29) is 16.3 Å². The molecule has 138 valence electrons. The van der Waals surface area contributed by atoms with Crippen molar-refractivity contribution in [2.75, 3.05) is 26.3 Å². The van der Waals surface area contributed by atoms with Gasteiger partial charge in [-0.3, -0.25) is 10.3 Å². The van der Waals surface area contributed by atoms with Crippen LogP contribution < -0.4 is 10.9 Å². The second-order valence-electron chi connectivity index (χ2n) is 6.22. The molecule has 1 heterocycles. The van der Waals surface area contributed by atoms with E-state index in [4.69, 9.17) is 21.0 Å². The fourth-order valence-corrected chi connectivity index (χ4v) is 3.87. The van der Waals surface area contributed by atoms with E-state index in [0.717, 1.165) is 44.0 Å². The van der Waals surface area contributed by atoms with E-state index in [1.54, 1.807) is 12.1 Å². The minimum atomic E-state index is -3.98. The number of sulfonamides is 1. The third-order valence-electron chi connectivity index (χ3n) is 4.38. The lowest BCUT2D eigenvalue weighted by atomic mass is 9.98. The molecule has 0 unspecified atom stereocenters. The van der Waals surface area contributed by atoms with Crippen LogP contribution in [0, 0.1) is 5.41 Å². The number of primary sulfonamides is 1. The molecule has 1 aliphatic rings. The summed E-state index contributed by atoms with van der Waals surface area (Å²) in [6, 6.07) is 12.5. The second kappa shape index (κ2) is 7.55. The molecule has 1 fully saturated rings. The van der Waals surface area contributed by atoms with Crippen LogP contribution in [0.3, 0.4) is 0 Å². The van der Waals surface area contributed by atoms with Gasteiger partial charge < -0.3 is 10.5 Å². The summed E-state index contributed by atoms with van der Waals surface area (Å²) >= 11 is 0. The predicted octanol–water partition coefficient (Wildman–Crippen LogP) is 1.12. The maximum atomic E-state index is 11.8. The largest absolute Gasteiger partial charge is 0.384 e. The molecular formula is C18H22N4O3S. The molecule has 0 atom stereocenters. The van der Waals surface area contributed by atoms with Crippen molar-refractivity contribution in [3.8, 4) is 11.1 Å². The Morgan fingerprint density at radius 1 is 1.12 bits per heavy atom. The van der Waals surface area contributed by atoms with Crippen LogP contribution in [0.2, 0.25) is 0 Å². The molecule has 26 heavy (non-hydrogen) atoms. The van der Waals surface area contributed by atoms with Crippen molar-refractivity contribution in [1.82, 2.24) is 4.90 Å². The van der Waals surface area contributed by atoms with E-state index in [9.17, 15) is 8.42 Å². The summed E-state index contributed by atoms with van der Waals surface area (Å²) in [7, 11) is -3.98. The van der Waals surface area contributed by atoms with Gasteiger partial charge >= 0.3 is 0 Å². The summed E-state index contributed by atoms with van der Waals surface area (Å²) in [5, 5.41) is 13.1. The minimum absolute atomic E-state index is 0.135. The van der Waals surface area contributed by atoms with Gasteiger partial charge in [-0.2, -0.15) is 0 Å².